The molecule has 1 atom stereocenters. The van der Waals surface area contributed by atoms with Crippen LogP contribution < -0.4 is 10.1 Å². The highest BCUT2D eigenvalue weighted by Gasteiger charge is 2.24. The molecule has 1 unspecified atom stereocenters. The first-order valence-corrected chi connectivity index (χ1v) is 5.53. The van der Waals surface area contributed by atoms with Crippen LogP contribution in [0.3, 0.4) is 0 Å². The van der Waals surface area contributed by atoms with Crippen molar-refractivity contribution in [3.05, 3.63) is 28.8 Å². The highest BCUT2D eigenvalue weighted by molar-refractivity contribution is 5.78. The first-order valence-electron chi connectivity index (χ1n) is 5.53. The van der Waals surface area contributed by atoms with E-state index in [1.807, 2.05) is 26.0 Å². The van der Waals surface area contributed by atoms with E-state index in [-0.39, 0.29) is 0 Å². The van der Waals surface area contributed by atoms with Crippen molar-refractivity contribution >= 4 is 5.97 Å². The number of aliphatic carboxylic acids is 1. The number of likely N-dealkylation sites (N-methyl/N-ethyl adjacent to an activating group) is 1. The van der Waals surface area contributed by atoms with Gasteiger partial charge in [-0.3, -0.25) is 4.79 Å². The van der Waals surface area contributed by atoms with Crippen LogP contribution in [-0.2, 0) is 4.79 Å². The van der Waals surface area contributed by atoms with Crippen molar-refractivity contribution in [2.24, 2.45) is 0 Å². The highest BCUT2D eigenvalue weighted by atomic mass is 16.5. The van der Waals surface area contributed by atoms with Crippen LogP contribution in [0.4, 0.5) is 0 Å². The summed E-state index contributed by atoms with van der Waals surface area (Å²) in [5.41, 5.74) is 2.76. The Balaban J connectivity index is 3.30. The van der Waals surface area contributed by atoms with Crippen molar-refractivity contribution in [2.45, 2.75) is 19.8 Å². The van der Waals surface area contributed by atoms with Crippen molar-refractivity contribution in [3.8, 4) is 5.75 Å². The second kappa shape index (κ2) is 5.68. The van der Waals surface area contributed by atoms with Gasteiger partial charge in [-0.05, 0) is 38.1 Å². The van der Waals surface area contributed by atoms with Gasteiger partial charge in [0.15, 0.2) is 0 Å². The van der Waals surface area contributed by atoms with Gasteiger partial charge in [0.05, 0.1) is 13.0 Å². The average molecular weight is 237 g/mol. The van der Waals surface area contributed by atoms with E-state index >= 15 is 0 Å². The Bertz CT molecular complexity index is 415. The minimum atomic E-state index is -0.843. The van der Waals surface area contributed by atoms with Gasteiger partial charge in [-0.2, -0.15) is 0 Å². The SMILES string of the molecule is CNCC(C(=O)O)c1c(C)cc(C)cc1OC. The van der Waals surface area contributed by atoms with Crippen LogP contribution in [0.5, 0.6) is 5.75 Å². The van der Waals surface area contributed by atoms with Crippen LogP contribution in [-0.4, -0.2) is 31.8 Å². The third-order valence-corrected chi connectivity index (χ3v) is 2.77. The number of carbonyl (C=O) groups is 1. The molecule has 4 nitrogen and oxygen atoms in total. The highest BCUT2D eigenvalue weighted by Crippen LogP contribution is 2.31. The lowest BCUT2D eigenvalue weighted by Crippen LogP contribution is -2.25. The summed E-state index contributed by atoms with van der Waals surface area (Å²) in [4.78, 5) is 11.3. The maximum absolute atomic E-state index is 11.3. The van der Waals surface area contributed by atoms with Crippen molar-refractivity contribution in [1.29, 1.82) is 0 Å². The lowest BCUT2D eigenvalue weighted by Gasteiger charge is -2.19. The number of carboxylic acids is 1. The van der Waals surface area contributed by atoms with Crippen LogP contribution >= 0.6 is 0 Å². The molecule has 0 heterocycles. The molecule has 17 heavy (non-hydrogen) atoms. The third kappa shape index (κ3) is 2.97. The second-order valence-corrected chi connectivity index (χ2v) is 4.15. The number of aryl methyl sites for hydroxylation is 2. The van der Waals surface area contributed by atoms with Gasteiger partial charge in [0.1, 0.15) is 5.75 Å². The van der Waals surface area contributed by atoms with Gasteiger partial charge in [-0.15, -0.1) is 0 Å². The molecule has 0 aliphatic heterocycles. The second-order valence-electron chi connectivity index (χ2n) is 4.15. The first-order chi connectivity index (χ1) is 8.01. The molecule has 0 aliphatic carbocycles. The number of benzene rings is 1. The van der Waals surface area contributed by atoms with Gasteiger partial charge in [0.25, 0.3) is 0 Å². The van der Waals surface area contributed by atoms with E-state index in [0.717, 1.165) is 16.7 Å². The van der Waals surface area contributed by atoms with E-state index in [4.69, 9.17) is 4.74 Å². The molecule has 2 N–H and O–H groups in total. The Hall–Kier alpha value is -1.55. The summed E-state index contributed by atoms with van der Waals surface area (Å²) in [6.45, 7) is 4.26. The maximum atomic E-state index is 11.3. The molecule has 0 saturated heterocycles. The summed E-state index contributed by atoms with van der Waals surface area (Å²) in [5.74, 6) is -0.787. The molecule has 0 amide bonds. The minimum Gasteiger partial charge on any atom is -0.496 e. The Morgan fingerprint density at radius 2 is 2.12 bits per heavy atom. The van der Waals surface area contributed by atoms with Gasteiger partial charge < -0.3 is 15.2 Å². The third-order valence-electron chi connectivity index (χ3n) is 2.77. The van der Waals surface area contributed by atoms with Gasteiger partial charge >= 0.3 is 5.97 Å². The van der Waals surface area contributed by atoms with Crippen LogP contribution in [0.2, 0.25) is 0 Å². The van der Waals surface area contributed by atoms with E-state index < -0.39 is 11.9 Å². The van der Waals surface area contributed by atoms with Crippen LogP contribution in [0, 0.1) is 13.8 Å². The monoisotopic (exact) mass is 237 g/mol. The topological polar surface area (TPSA) is 58.6 Å². The van der Waals surface area contributed by atoms with E-state index in [1.54, 1.807) is 14.2 Å². The molecule has 0 spiro atoms. The van der Waals surface area contributed by atoms with Crippen molar-refractivity contribution < 1.29 is 14.6 Å². The molecule has 0 fully saturated rings. The summed E-state index contributed by atoms with van der Waals surface area (Å²) in [6.07, 6.45) is 0. The fraction of sp³-hybridized carbons (Fsp3) is 0.462. The largest absolute Gasteiger partial charge is 0.496 e. The molecule has 1 aromatic carbocycles. The predicted octanol–water partition coefficient (Wildman–Crippen LogP) is 1.70. The number of ether oxygens (including phenoxy) is 1. The minimum absolute atomic E-state index is 0.385. The van der Waals surface area contributed by atoms with E-state index in [2.05, 4.69) is 5.32 Å². The Morgan fingerprint density at radius 1 is 1.47 bits per heavy atom. The van der Waals surface area contributed by atoms with E-state index in [9.17, 15) is 9.90 Å². The van der Waals surface area contributed by atoms with Gasteiger partial charge in [0.2, 0.25) is 0 Å². The number of hydrogen-bond donors (Lipinski definition) is 2. The fourth-order valence-corrected chi connectivity index (χ4v) is 2.07. The van der Waals surface area contributed by atoms with E-state index in [1.165, 1.54) is 0 Å². The molecular weight excluding hydrogens is 218 g/mol. The zero-order valence-electron chi connectivity index (χ0n) is 10.7. The Kier molecular flexibility index (Phi) is 4.52. The number of carboxylic acid groups (broad SMARTS) is 1. The summed E-state index contributed by atoms with van der Waals surface area (Å²) in [6, 6.07) is 3.84. The molecule has 0 saturated carbocycles. The Morgan fingerprint density at radius 3 is 2.59 bits per heavy atom. The molecule has 94 valence electrons. The van der Waals surface area contributed by atoms with Crippen LogP contribution in [0.25, 0.3) is 0 Å². The zero-order chi connectivity index (χ0) is 13.0. The molecule has 1 rings (SSSR count). The van der Waals surface area contributed by atoms with Crippen molar-refractivity contribution in [3.63, 3.8) is 0 Å². The maximum Gasteiger partial charge on any atom is 0.312 e. The number of methoxy groups -OCH3 is 1. The first kappa shape index (κ1) is 13.5. The molecule has 0 bridgehead atoms. The quantitative estimate of drug-likeness (QED) is 0.818. The summed E-state index contributed by atoms with van der Waals surface area (Å²) in [7, 11) is 3.31. The van der Waals surface area contributed by atoms with Crippen LogP contribution in [0.15, 0.2) is 12.1 Å². The fourth-order valence-electron chi connectivity index (χ4n) is 2.07. The lowest BCUT2D eigenvalue weighted by molar-refractivity contribution is -0.138. The van der Waals surface area contributed by atoms with Gasteiger partial charge in [-0.1, -0.05) is 6.07 Å². The van der Waals surface area contributed by atoms with Crippen LogP contribution in [0.1, 0.15) is 22.6 Å². The van der Waals surface area contributed by atoms with Crippen molar-refractivity contribution in [2.75, 3.05) is 20.7 Å². The molecule has 0 radical (unpaired) electrons. The summed E-state index contributed by atoms with van der Waals surface area (Å²) < 4.78 is 5.29. The number of rotatable bonds is 5. The van der Waals surface area contributed by atoms with Gasteiger partial charge in [-0.25, -0.2) is 0 Å². The standard InChI is InChI=1S/C13H19NO3/c1-8-5-9(2)12(11(6-8)17-4)10(7-14-3)13(15)16/h5-6,10,14H,7H2,1-4H3,(H,15,16). The molecule has 0 aromatic heterocycles. The smallest absolute Gasteiger partial charge is 0.312 e. The lowest BCUT2D eigenvalue weighted by atomic mass is 9.92. The molecular formula is C13H19NO3. The Labute approximate surface area is 102 Å². The summed E-state index contributed by atoms with van der Waals surface area (Å²) >= 11 is 0. The molecule has 0 aliphatic rings. The normalized spacial score (nSPS) is 12.2. The number of hydrogen-bond acceptors (Lipinski definition) is 3. The zero-order valence-corrected chi connectivity index (χ0v) is 10.7. The molecule has 4 heteroatoms. The molecule has 1 aromatic rings. The van der Waals surface area contributed by atoms with Gasteiger partial charge in [0, 0.05) is 12.1 Å². The summed E-state index contributed by atoms with van der Waals surface area (Å²) in [5, 5.41) is 12.2. The number of nitrogens with one attached hydrogen (secondary N) is 1. The van der Waals surface area contributed by atoms with E-state index in [0.29, 0.717) is 12.3 Å². The average Bonchev–Trinajstić information content (AvgIpc) is 2.25. The predicted molar refractivity (Wildman–Crippen MR) is 66.8 cm³/mol. The van der Waals surface area contributed by atoms with Crippen molar-refractivity contribution in [1.82, 2.24) is 5.32 Å².